The summed E-state index contributed by atoms with van der Waals surface area (Å²) in [5.74, 6) is -0.318. The van der Waals surface area contributed by atoms with Gasteiger partial charge in [-0.1, -0.05) is 15.9 Å². The SMILES string of the molecule is COC(=O)c1ccc(Br)cc1N(C)C. The molecule has 0 amide bonds. The van der Waals surface area contributed by atoms with Crippen LogP contribution in [0, 0.1) is 0 Å². The minimum Gasteiger partial charge on any atom is -0.465 e. The van der Waals surface area contributed by atoms with Crippen LogP contribution < -0.4 is 4.90 Å². The molecule has 0 aromatic heterocycles. The maximum atomic E-state index is 11.4. The molecule has 0 bridgehead atoms. The Hall–Kier alpha value is -1.03. The number of methoxy groups -OCH3 is 1. The molecule has 3 nitrogen and oxygen atoms in total. The maximum Gasteiger partial charge on any atom is 0.339 e. The molecular weight excluding hydrogens is 246 g/mol. The number of benzene rings is 1. The molecule has 0 unspecified atom stereocenters. The summed E-state index contributed by atoms with van der Waals surface area (Å²) in [4.78, 5) is 13.3. The summed E-state index contributed by atoms with van der Waals surface area (Å²) >= 11 is 3.36. The van der Waals surface area contributed by atoms with E-state index in [2.05, 4.69) is 20.7 Å². The molecule has 0 saturated carbocycles. The van der Waals surface area contributed by atoms with E-state index in [1.54, 1.807) is 6.07 Å². The van der Waals surface area contributed by atoms with Gasteiger partial charge >= 0.3 is 5.97 Å². The third-order valence-corrected chi connectivity index (χ3v) is 2.34. The number of carbonyl (C=O) groups excluding carboxylic acids is 1. The number of hydrogen-bond donors (Lipinski definition) is 0. The average Bonchev–Trinajstić information content (AvgIpc) is 2.16. The predicted octanol–water partition coefficient (Wildman–Crippen LogP) is 2.30. The van der Waals surface area contributed by atoms with E-state index in [0.717, 1.165) is 10.2 Å². The first-order valence-corrected chi connectivity index (χ1v) is 4.90. The van der Waals surface area contributed by atoms with Crippen LogP contribution in [-0.4, -0.2) is 27.2 Å². The first-order chi connectivity index (χ1) is 6.56. The van der Waals surface area contributed by atoms with Gasteiger partial charge in [-0.2, -0.15) is 0 Å². The van der Waals surface area contributed by atoms with Crippen molar-refractivity contribution in [2.75, 3.05) is 26.1 Å². The van der Waals surface area contributed by atoms with Crippen LogP contribution in [0.2, 0.25) is 0 Å². The number of nitrogens with zero attached hydrogens (tertiary/aromatic N) is 1. The standard InChI is InChI=1S/C10H12BrNO2/c1-12(2)9-6-7(11)4-5-8(9)10(13)14-3/h4-6H,1-3H3. The molecule has 0 saturated heterocycles. The molecule has 0 aliphatic carbocycles. The molecule has 1 aromatic carbocycles. The molecule has 0 heterocycles. The van der Waals surface area contributed by atoms with Crippen molar-refractivity contribution in [3.05, 3.63) is 28.2 Å². The smallest absolute Gasteiger partial charge is 0.339 e. The fourth-order valence-electron chi connectivity index (χ4n) is 1.16. The summed E-state index contributed by atoms with van der Waals surface area (Å²) in [5.41, 5.74) is 1.41. The molecule has 14 heavy (non-hydrogen) atoms. The van der Waals surface area contributed by atoms with Gasteiger partial charge in [-0.05, 0) is 18.2 Å². The van der Waals surface area contributed by atoms with E-state index in [0.29, 0.717) is 5.56 Å². The van der Waals surface area contributed by atoms with Gasteiger partial charge in [0.15, 0.2) is 0 Å². The zero-order valence-electron chi connectivity index (χ0n) is 8.37. The quantitative estimate of drug-likeness (QED) is 0.762. The van der Waals surface area contributed by atoms with Gasteiger partial charge in [0, 0.05) is 18.6 Å². The average molecular weight is 258 g/mol. The molecule has 76 valence electrons. The molecule has 0 aliphatic heterocycles. The monoisotopic (exact) mass is 257 g/mol. The van der Waals surface area contributed by atoms with Gasteiger partial charge in [-0.25, -0.2) is 4.79 Å². The van der Waals surface area contributed by atoms with Crippen LogP contribution in [0.15, 0.2) is 22.7 Å². The van der Waals surface area contributed by atoms with E-state index in [9.17, 15) is 4.79 Å². The summed E-state index contributed by atoms with van der Waals surface area (Å²) in [6.07, 6.45) is 0. The molecule has 0 atom stereocenters. The van der Waals surface area contributed by atoms with E-state index in [-0.39, 0.29) is 5.97 Å². The largest absolute Gasteiger partial charge is 0.465 e. The molecule has 0 aliphatic rings. The Morgan fingerprint density at radius 2 is 2.07 bits per heavy atom. The van der Waals surface area contributed by atoms with Gasteiger partial charge in [0.25, 0.3) is 0 Å². The van der Waals surface area contributed by atoms with Crippen molar-refractivity contribution in [1.29, 1.82) is 0 Å². The lowest BCUT2D eigenvalue weighted by Crippen LogP contribution is -2.14. The summed E-state index contributed by atoms with van der Waals surface area (Å²) in [7, 11) is 5.15. The number of esters is 1. The summed E-state index contributed by atoms with van der Waals surface area (Å²) in [6, 6.07) is 5.44. The van der Waals surface area contributed by atoms with Crippen molar-refractivity contribution in [3.8, 4) is 0 Å². The minimum absolute atomic E-state index is 0.318. The van der Waals surface area contributed by atoms with E-state index < -0.39 is 0 Å². The second-order valence-corrected chi connectivity index (χ2v) is 3.96. The highest BCUT2D eigenvalue weighted by molar-refractivity contribution is 9.10. The summed E-state index contributed by atoms with van der Waals surface area (Å²) in [5, 5.41) is 0. The fourth-order valence-corrected chi connectivity index (χ4v) is 1.51. The number of carbonyl (C=O) groups is 1. The van der Waals surface area contributed by atoms with Gasteiger partial charge in [0.1, 0.15) is 0 Å². The Morgan fingerprint density at radius 3 is 2.57 bits per heavy atom. The van der Waals surface area contributed by atoms with Crippen LogP contribution in [0.25, 0.3) is 0 Å². The number of hydrogen-bond acceptors (Lipinski definition) is 3. The molecule has 0 N–H and O–H groups in total. The van der Waals surface area contributed by atoms with Gasteiger partial charge in [-0.3, -0.25) is 0 Å². The van der Waals surface area contributed by atoms with Crippen molar-refractivity contribution in [3.63, 3.8) is 0 Å². The lowest BCUT2D eigenvalue weighted by Gasteiger charge is -2.16. The van der Waals surface area contributed by atoms with Crippen LogP contribution in [0.5, 0.6) is 0 Å². The van der Waals surface area contributed by atoms with Crippen LogP contribution in [0.4, 0.5) is 5.69 Å². The van der Waals surface area contributed by atoms with Crippen LogP contribution in [0.3, 0.4) is 0 Å². The predicted molar refractivity (Wildman–Crippen MR) is 59.8 cm³/mol. The molecule has 0 radical (unpaired) electrons. The van der Waals surface area contributed by atoms with Crippen molar-refractivity contribution in [1.82, 2.24) is 0 Å². The Morgan fingerprint density at radius 1 is 1.43 bits per heavy atom. The third-order valence-electron chi connectivity index (χ3n) is 1.85. The van der Waals surface area contributed by atoms with Crippen LogP contribution >= 0.6 is 15.9 Å². The van der Waals surface area contributed by atoms with E-state index in [1.807, 2.05) is 31.1 Å². The second kappa shape index (κ2) is 4.46. The zero-order valence-corrected chi connectivity index (χ0v) is 9.96. The Kier molecular flexibility index (Phi) is 3.52. The summed E-state index contributed by atoms with van der Waals surface area (Å²) in [6.45, 7) is 0. The van der Waals surface area contributed by atoms with Crippen molar-refractivity contribution in [2.24, 2.45) is 0 Å². The first kappa shape index (κ1) is 11.0. The van der Waals surface area contributed by atoms with Gasteiger partial charge in [0.2, 0.25) is 0 Å². The van der Waals surface area contributed by atoms with Gasteiger partial charge < -0.3 is 9.64 Å². The molecule has 0 fully saturated rings. The van der Waals surface area contributed by atoms with E-state index >= 15 is 0 Å². The normalized spacial score (nSPS) is 9.71. The summed E-state index contributed by atoms with van der Waals surface area (Å²) < 4.78 is 5.62. The Balaban J connectivity index is 3.21. The fraction of sp³-hybridized carbons (Fsp3) is 0.300. The molecule has 0 spiro atoms. The van der Waals surface area contributed by atoms with Gasteiger partial charge in [0.05, 0.1) is 18.4 Å². The van der Waals surface area contributed by atoms with Crippen molar-refractivity contribution < 1.29 is 9.53 Å². The lowest BCUT2D eigenvalue weighted by molar-refractivity contribution is 0.0601. The Bertz CT molecular complexity index is 350. The topological polar surface area (TPSA) is 29.5 Å². The Labute approximate surface area is 91.8 Å². The van der Waals surface area contributed by atoms with Crippen LogP contribution in [-0.2, 0) is 4.74 Å². The number of anilines is 1. The highest BCUT2D eigenvalue weighted by Gasteiger charge is 2.12. The van der Waals surface area contributed by atoms with E-state index in [4.69, 9.17) is 0 Å². The van der Waals surface area contributed by atoms with Crippen molar-refractivity contribution in [2.45, 2.75) is 0 Å². The zero-order chi connectivity index (χ0) is 10.7. The number of halogens is 1. The van der Waals surface area contributed by atoms with Crippen molar-refractivity contribution >= 4 is 27.6 Å². The number of rotatable bonds is 2. The van der Waals surface area contributed by atoms with Gasteiger partial charge in [-0.15, -0.1) is 0 Å². The molecule has 1 rings (SSSR count). The third kappa shape index (κ3) is 2.26. The molecular formula is C10H12BrNO2. The molecule has 1 aromatic rings. The minimum atomic E-state index is -0.318. The first-order valence-electron chi connectivity index (χ1n) is 4.11. The molecule has 4 heteroatoms. The highest BCUT2D eigenvalue weighted by Crippen LogP contribution is 2.24. The number of ether oxygens (including phenoxy) is 1. The van der Waals surface area contributed by atoms with E-state index in [1.165, 1.54) is 7.11 Å². The maximum absolute atomic E-state index is 11.4. The highest BCUT2D eigenvalue weighted by atomic mass is 79.9. The van der Waals surface area contributed by atoms with Crippen LogP contribution in [0.1, 0.15) is 10.4 Å². The lowest BCUT2D eigenvalue weighted by atomic mass is 10.1. The second-order valence-electron chi connectivity index (χ2n) is 3.05.